The highest BCUT2D eigenvalue weighted by Gasteiger charge is 1.96. The van der Waals surface area contributed by atoms with Gasteiger partial charge in [-0.15, -0.1) is 0 Å². The topological polar surface area (TPSA) is 41.5 Å². The van der Waals surface area contributed by atoms with Crippen LogP contribution in [0.3, 0.4) is 0 Å². The fourth-order valence-electron chi connectivity index (χ4n) is 0.985. The Kier molecular flexibility index (Phi) is 3.38. The summed E-state index contributed by atoms with van der Waals surface area (Å²) in [5, 5.41) is 2.60. The van der Waals surface area contributed by atoms with Gasteiger partial charge in [0.2, 0.25) is 6.41 Å². The maximum absolute atomic E-state index is 9.88. The van der Waals surface area contributed by atoms with Crippen molar-refractivity contribution in [1.29, 1.82) is 0 Å². The molecule has 0 aliphatic carbocycles. The minimum Gasteiger partial charge on any atom is -0.358 e. The predicted molar refractivity (Wildman–Crippen MR) is 44.5 cm³/mol. The molecule has 0 bridgehead atoms. The summed E-state index contributed by atoms with van der Waals surface area (Å²) in [6.07, 6.45) is 7.73. The van der Waals surface area contributed by atoms with Crippen molar-refractivity contribution in [1.82, 2.24) is 5.32 Å². The second kappa shape index (κ2) is 4.66. The van der Waals surface area contributed by atoms with Crippen molar-refractivity contribution < 1.29 is 4.79 Å². The van der Waals surface area contributed by atoms with Crippen LogP contribution in [-0.2, 0) is 4.79 Å². The summed E-state index contributed by atoms with van der Waals surface area (Å²) in [4.78, 5) is 14.1. The predicted octanol–water partition coefficient (Wildman–Crippen LogP) is 0.871. The van der Waals surface area contributed by atoms with Crippen molar-refractivity contribution in [3.8, 4) is 0 Å². The molecule has 0 aromatic heterocycles. The Morgan fingerprint density at radius 3 is 3.18 bits per heavy atom. The number of carbonyl (C=O) groups excluding carboxylic acids is 1. The van der Waals surface area contributed by atoms with Crippen LogP contribution in [0, 0.1) is 0 Å². The van der Waals surface area contributed by atoms with Gasteiger partial charge in [-0.05, 0) is 12.8 Å². The fraction of sp³-hybridized carbons (Fsp3) is 0.500. The molecule has 0 unspecified atom stereocenters. The van der Waals surface area contributed by atoms with E-state index in [0.717, 1.165) is 25.0 Å². The number of amides is 1. The van der Waals surface area contributed by atoms with Crippen molar-refractivity contribution in [3.63, 3.8) is 0 Å². The summed E-state index contributed by atoms with van der Waals surface area (Å²) in [7, 11) is 0. The smallest absolute Gasteiger partial charge is 0.207 e. The van der Waals surface area contributed by atoms with Crippen LogP contribution >= 0.6 is 0 Å². The molecule has 1 aliphatic heterocycles. The molecule has 3 heteroatoms. The van der Waals surface area contributed by atoms with Crippen molar-refractivity contribution in [2.75, 3.05) is 6.54 Å². The lowest BCUT2D eigenvalue weighted by atomic mass is 10.2. The van der Waals surface area contributed by atoms with E-state index >= 15 is 0 Å². The van der Waals surface area contributed by atoms with Gasteiger partial charge in [-0.25, -0.2) is 0 Å². The second-order valence-corrected chi connectivity index (χ2v) is 2.41. The molecule has 11 heavy (non-hydrogen) atoms. The Morgan fingerprint density at radius 1 is 1.64 bits per heavy atom. The molecule has 1 heterocycles. The Balaban J connectivity index is 2.20. The van der Waals surface area contributed by atoms with Crippen molar-refractivity contribution >= 4 is 12.6 Å². The van der Waals surface area contributed by atoms with E-state index in [1.807, 2.05) is 6.21 Å². The van der Waals surface area contributed by atoms with E-state index in [9.17, 15) is 4.79 Å². The second-order valence-electron chi connectivity index (χ2n) is 2.41. The van der Waals surface area contributed by atoms with E-state index in [0.29, 0.717) is 13.0 Å². The summed E-state index contributed by atoms with van der Waals surface area (Å²) in [6.45, 7) is 0.687. The minimum absolute atomic E-state index is 0.687. The third-order valence-corrected chi connectivity index (χ3v) is 1.54. The number of aliphatic imine (C=N–C) groups is 1. The highest BCUT2D eigenvalue weighted by atomic mass is 16.1. The van der Waals surface area contributed by atoms with Crippen LogP contribution in [0.25, 0.3) is 0 Å². The molecule has 60 valence electrons. The SMILES string of the molecule is O=CNCCC1=CCCC=N1. The summed E-state index contributed by atoms with van der Waals surface area (Å²) >= 11 is 0. The minimum atomic E-state index is 0.687. The van der Waals surface area contributed by atoms with E-state index in [4.69, 9.17) is 0 Å². The van der Waals surface area contributed by atoms with Crippen molar-refractivity contribution in [3.05, 3.63) is 11.8 Å². The van der Waals surface area contributed by atoms with Crippen LogP contribution in [0.15, 0.2) is 16.8 Å². The molecule has 0 spiro atoms. The van der Waals surface area contributed by atoms with E-state index in [2.05, 4.69) is 16.4 Å². The molecule has 1 amide bonds. The maximum atomic E-state index is 9.88. The summed E-state index contributed by atoms with van der Waals surface area (Å²) < 4.78 is 0. The largest absolute Gasteiger partial charge is 0.358 e. The van der Waals surface area contributed by atoms with Gasteiger partial charge in [0.25, 0.3) is 0 Å². The Bertz CT molecular complexity index is 185. The van der Waals surface area contributed by atoms with Gasteiger partial charge in [0.15, 0.2) is 0 Å². The summed E-state index contributed by atoms with van der Waals surface area (Å²) in [6, 6.07) is 0. The zero-order valence-corrected chi connectivity index (χ0v) is 6.42. The van der Waals surface area contributed by atoms with E-state index in [1.54, 1.807) is 0 Å². The van der Waals surface area contributed by atoms with Crippen molar-refractivity contribution in [2.45, 2.75) is 19.3 Å². The number of nitrogens with zero attached hydrogens (tertiary/aromatic N) is 1. The molecule has 3 nitrogen and oxygen atoms in total. The van der Waals surface area contributed by atoms with Crippen LogP contribution in [0.4, 0.5) is 0 Å². The fourth-order valence-corrected chi connectivity index (χ4v) is 0.985. The number of hydrogen-bond donors (Lipinski definition) is 1. The van der Waals surface area contributed by atoms with Gasteiger partial charge in [-0.3, -0.25) is 9.79 Å². The lowest BCUT2D eigenvalue weighted by Crippen LogP contribution is -2.12. The number of rotatable bonds is 4. The molecular formula is C8H12N2O. The molecule has 0 saturated heterocycles. The Labute approximate surface area is 66.2 Å². The molecule has 0 aromatic rings. The van der Waals surface area contributed by atoms with E-state index < -0.39 is 0 Å². The molecule has 1 rings (SSSR count). The quantitative estimate of drug-likeness (QED) is 0.471. The van der Waals surface area contributed by atoms with Crippen LogP contribution in [0.1, 0.15) is 19.3 Å². The maximum Gasteiger partial charge on any atom is 0.207 e. The summed E-state index contributed by atoms with van der Waals surface area (Å²) in [5.41, 5.74) is 1.09. The molecule has 0 radical (unpaired) electrons. The monoisotopic (exact) mass is 152 g/mol. The highest BCUT2D eigenvalue weighted by Crippen LogP contribution is 2.08. The normalized spacial score (nSPS) is 15.8. The highest BCUT2D eigenvalue weighted by molar-refractivity contribution is 5.60. The van der Waals surface area contributed by atoms with Gasteiger partial charge in [0.05, 0.1) is 0 Å². The zero-order chi connectivity index (χ0) is 7.94. The first-order chi connectivity index (χ1) is 5.43. The van der Waals surface area contributed by atoms with Gasteiger partial charge in [-0.1, -0.05) is 6.08 Å². The average molecular weight is 152 g/mol. The van der Waals surface area contributed by atoms with Crippen LogP contribution in [0.5, 0.6) is 0 Å². The van der Waals surface area contributed by atoms with Crippen LogP contribution in [-0.4, -0.2) is 19.2 Å². The van der Waals surface area contributed by atoms with Gasteiger partial charge in [-0.2, -0.15) is 0 Å². The lowest BCUT2D eigenvalue weighted by Gasteiger charge is -2.04. The molecule has 0 saturated carbocycles. The lowest BCUT2D eigenvalue weighted by molar-refractivity contribution is -0.109. The number of carbonyl (C=O) groups is 1. The first-order valence-corrected chi connectivity index (χ1v) is 3.82. The van der Waals surface area contributed by atoms with Crippen LogP contribution in [0.2, 0.25) is 0 Å². The zero-order valence-electron chi connectivity index (χ0n) is 6.42. The Morgan fingerprint density at radius 2 is 2.55 bits per heavy atom. The standard InChI is InChI=1S/C8H12N2O/c11-7-9-6-4-8-3-1-2-5-10-8/h3,5,7H,1-2,4,6H2,(H,9,11). The molecule has 0 aromatic carbocycles. The third kappa shape index (κ3) is 2.98. The molecule has 0 fully saturated rings. The van der Waals surface area contributed by atoms with Gasteiger partial charge in [0, 0.05) is 24.9 Å². The molecule has 1 aliphatic rings. The Hall–Kier alpha value is -1.12. The van der Waals surface area contributed by atoms with Crippen LogP contribution < -0.4 is 5.32 Å². The van der Waals surface area contributed by atoms with Gasteiger partial charge < -0.3 is 5.32 Å². The van der Waals surface area contributed by atoms with E-state index in [-0.39, 0.29) is 0 Å². The average Bonchev–Trinajstić information content (AvgIpc) is 2.07. The first kappa shape index (κ1) is 7.98. The van der Waals surface area contributed by atoms with Crippen molar-refractivity contribution in [2.24, 2.45) is 4.99 Å². The number of allylic oxidation sites excluding steroid dienone is 1. The molecule has 1 N–H and O–H groups in total. The third-order valence-electron chi connectivity index (χ3n) is 1.54. The summed E-state index contributed by atoms with van der Waals surface area (Å²) in [5.74, 6) is 0. The number of nitrogens with one attached hydrogen (secondary N) is 1. The van der Waals surface area contributed by atoms with Gasteiger partial charge >= 0.3 is 0 Å². The molecule has 0 atom stereocenters. The number of hydrogen-bond acceptors (Lipinski definition) is 2. The first-order valence-electron chi connectivity index (χ1n) is 3.82. The van der Waals surface area contributed by atoms with E-state index in [1.165, 1.54) is 0 Å². The molecular weight excluding hydrogens is 140 g/mol. The van der Waals surface area contributed by atoms with Gasteiger partial charge in [0.1, 0.15) is 0 Å².